The second-order valence-electron chi connectivity index (χ2n) is 5.93. The van der Waals surface area contributed by atoms with E-state index < -0.39 is 10.9 Å². The number of hydrogen-bond acceptors (Lipinski definition) is 8. The van der Waals surface area contributed by atoms with E-state index in [1.807, 2.05) is 37.3 Å². The van der Waals surface area contributed by atoms with Crippen molar-refractivity contribution in [1.29, 1.82) is 0 Å². The van der Waals surface area contributed by atoms with Crippen LogP contribution in [0.15, 0.2) is 60.9 Å². The van der Waals surface area contributed by atoms with Crippen LogP contribution >= 0.6 is 0 Å². The fraction of sp³-hybridized carbons (Fsp3) is 0.150. The number of benzene rings is 2. The van der Waals surface area contributed by atoms with E-state index in [-0.39, 0.29) is 17.3 Å². The van der Waals surface area contributed by atoms with Gasteiger partial charge in [-0.3, -0.25) is 10.1 Å². The van der Waals surface area contributed by atoms with Crippen LogP contribution in [0.5, 0.6) is 0 Å². The molecule has 0 spiro atoms. The first-order valence-electron chi connectivity index (χ1n) is 8.82. The number of esters is 1. The molecular formula is C20H19N5O4. The summed E-state index contributed by atoms with van der Waals surface area (Å²) in [5.74, 6) is -0.221. The molecule has 9 nitrogen and oxygen atoms in total. The SMILES string of the molecule is CCN(c1ccccc1)c1ncnc(Nc2ccc(C(=O)OC)cc2)c1[N+](=O)[O-]. The van der Waals surface area contributed by atoms with Gasteiger partial charge in [0.25, 0.3) is 0 Å². The molecule has 9 heteroatoms. The van der Waals surface area contributed by atoms with Gasteiger partial charge < -0.3 is 15.0 Å². The summed E-state index contributed by atoms with van der Waals surface area (Å²) in [6.45, 7) is 2.37. The van der Waals surface area contributed by atoms with E-state index in [4.69, 9.17) is 0 Å². The number of nitrogens with zero attached hydrogens (tertiary/aromatic N) is 4. The van der Waals surface area contributed by atoms with Gasteiger partial charge in [0, 0.05) is 17.9 Å². The molecular weight excluding hydrogens is 374 g/mol. The van der Waals surface area contributed by atoms with Gasteiger partial charge in [-0.25, -0.2) is 14.8 Å². The molecule has 0 fully saturated rings. The topological polar surface area (TPSA) is 110 Å². The molecule has 0 amide bonds. The smallest absolute Gasteiger partial charge is 0.354 e. The van der Waals surface area contributed by atoms with Crippen LogP contribution in [0.25, 0.3) is 0 Å². The summed E-state index contributed by atoms with van der Waals surface area (Å²) in [5.41, 5.74) is 1.45. The predicted molar refractivity (Wildman–Crippen MR) is 109 cm³/mol. The number of carbonyl (C=O) groups excluding carboxylic acids is 1. The van der Waals surface area contributed by atoms with Crippen molar-refractivity contribution in [3.63, 3.8) is 0 Å². The molecule has 0 atom stereocenters. The van der Waals surface area contributed by atoms with Gasteiger partial charge in [-0.15, -0.1) is 0 Å². The summed E-state index contributed by atoms with van der Waals surface area (Å²) in [4.78, 5) is 32.9. The van der Waals surface area contributed by atoms with Crippen LogP contribution in [0, 0.1) is 10.1 Å². The van der Waals surface area contributed by atoms with Crippen LogP contribution in [-0.4, -0.2) is 34.5 Å². The highest BCUT2D eigenvalue weighted by Gasteiger charge is 2.27. The Morgan fingerprint density at radius 1 is 1.14 bits per heavy atom. The number of nitro groups is 1. The van der Waals surface area contributed by atoms with Crippen molar-refractivity contribution in [2.24, 2.45) is 0 Å². The van der Waals surface area contributed by atoms with Crippen LogP contribution < -0.4 is 10.2 Å². The molecule has 3 aromatic rings. The second kappa shape index (κ2) is 8.79. The van der Waals surface area contributed by atoms with Crippen molar-refractivity contribution in [3.8, 4) is 0 Å². The Bertz CT molecular complexity index is 1010. The highest BCUT2D eigenvalue weighted by Crippen LogP contribution is 2.36. The second-order valence-corrected chi connectivity index (χ2v) is 5.93. The third-order valence-corrected chi connectivity index (χ3v) is 4.19. The van der Waals surface area contributed by atoms with Gasteiger partial charge in [-0.2, -0.15) is 0 Å². The number of rotatable bonds is 7. The number of para-hydroxylation sites is 1. The molecule has 1 aromatic heterocycles. The number of nitrogens with one attached hydrogen (secondary N) is 1. The standard InChI is InChI=1S/C20H19N5O4/c1-3-24(16-7-5-4-6-8-16)19-17(25(27)28)18(21-13-22-19)23-15-11-9-14(10-12-15)20(26)29-2/h4-13H,3H2,1-2H3,(H,21,22,23). The Hall–Kier alpha value is -4.01. The monoisotopic (exact) mass is 393 g/mol. The minimum absolute atomic E-state index is 0.0557. The summed E-state index contributed by atoms with van der Waals surface area (Å²) >= 11 is 0. The minimum atomic E-state index is -0.508. The third kappa shape index (κ3) is 4.29. The zero-order valence-corrected chi connectivity index (χ0v) is 15.9. The molecule has 2 aromatic carbocycles. The molecule has 3 rings (SSSR count). The molecule has 0 bridgehead atoms. The number of anilines is 4. The van der Waals surface area contributed by atoms with Gasteiger partial charge in [-0.05, 0) is 43.3 Å². The van der Waals surface area contributed by atoms with Crippen molar-refractivity contribution in [3.05, 3.63) is 76.6 Å². The van der Waals surface area contributed by atoms with E-state index in [0.29, 0.717) is 17.8 Å². The van der Waals surface area contributed by atoms with Crippen molar-refractivity contribution < 1.29 is 14.5 Å². The predicted octanol–water partition coefficient (Wildman–Crippen LogP) is 4.07. The largest absolute Gasteiger partial charge is 0.465 e. The summed E-state index contributed by atoms with van der Waals surface area (Å²) in [6, 6.07) is 15.6. The lowest BCUT2D eigenvalue weighted by molar-refractivity contribution is -0.383. The quantitative estimate of drug-likeness (QED) is 0.363. The fourth-order valence-electron chi connectivity index (χ4n) is 2.83. The maximum Gasteiger partial charge on any atom is 0.354 e. The summed E-state index contributed by atoms with van der Waals surface area (Å²) in [6.07, 6.45) is 1.28. The molecule has 0 aliphatic carbocycles. The van der Waals surface area contributed by atoms with Crippen molar-refractivity contribution in [1.82, 2.24) is 9.97 Å². The summed E-state index contributed by atoms with van der Waals surface area (Å²) in [5, 5.41) is 14.8. The zero-order chi connectivity index (χ0) is 20.8. The summed E-state index contributed by atoms with van der Waals surface area (Å²) in [7, 11) is 1.30. The van der Waals surface area contributed by atoms with Gasteiger partial charge in [0.15, 0.2) is 0 Å². The number of methoxy groups -OCH3 is 1. The highest BCUT2D eigenvalue weighted by atomic mass is 16.6. The fourth-order valence-corrected chi connectivity index (χ4v) is 2.83. The van der Waals surface area contributed by atoms with Crippen LogP contribution in [0.1, 0.15) is 17.3 Å². The molecule has 0 unspecified atom stereocenters. The molecule has 1 N–H and O–H groups in total. The lowest BCUT2D eigenvalue weighted by atomic mass is 10.2. The maximum absolute atomic E-state index is 11.9. The molecule has 0 aliphatic rings. The Kier molecular flexibility index (Phi) is 5.98. The number of ether oxygens (including phenoxy) is 1. The Morgan fingerprint density at radius 2 is 1.83 bits per heavy atom. The molecule has 1 heterocycles. The van der Waals surface area contributed by atoms with Crippen molar-refractivity contribution in [2.45, 2.75) is 6.92 Å². The first-order chi connectivity index (χ1) is 14.0. The van der Waals surface area contributed by atoms with E-state index in [1.165, 1.54) is 13.4 Å². The van der Waals surface area contributed by atoms with E-state index in [9.17, 15) is 14.9 Å². The van der Waals surface area contributed by atoms with Crippen molar-refractivity contribution in [2.75, 3.05) is 23.9 Å². The first-order valence-corrected chi connectivity index (χ1v) is 8.82. The number of aromatic nitrogens is 2. The Morgan fingerprint density at radius 3 is 2.41 bits per heavy atom. The molecule has 0 radical (unpaired) electrons. The normalized spacial score (nSPS) is 10.3. The average molecular weight is 393 g/mol. The number of carbonyl (C=O) groups is 1. The van der Waals surface area contributed by atoms with Crippen molar-refractivity contribution >= 4 is 34.7 Å². The van der Waals surface area contributed by atoms with E-state index in [0.717, 1.165) is 5.69 Å². The van der Waals surface area contributed by atoms with Crippen LogP contribution in [0.3, 0.4) is 0 Å². The highest BCUT2D eigenvalue weighted by molar-refractivity contribution is 5.90. The van der Waals surface area contributed by atoms with E-state index >= 15 is 0 Å². The lowest BCUT2D eigenvalue weighted by Crippen LogP contribution is -2.19. The molecule has 0 aliphatic heterocycles. The molecule has 29 heavy (non-hydrogen) atoms. The zero-order valence-electron chi connectivity index (χ0n) is 15.9. The van der Waals surface area contributed by atoms with Crippen LogP contribution in [-0.2, 0) is 4.74 Å². The van der Waals surface area contributed by atoms with Gasteiger partial charge in [0.05, 0.1) is 17.6 Å². The molecule has 0 saturated carbocycles. The minimum Gasteiger partial charge on any atom is -0.465 e. The maximum atomic E-state index is 11.9. The van der Waals surface area contributed by atoms with Crippen LogP contribution in [0.2, 0.25) is 0 Å². The van der Waals surface area contributed by atoms with Crippen LogP contribution in [0.4, 0.5) is 28.7 Å². The first kappa shape index (κ1) is 19.7. The van der Waals surface area contributed by atoms with Gasteiger partial charge in [-0.1, -0.05) is 18.2 Å². The van der Waals surface area contributed by atoms with Gasteiger partial charge in [0.2, 0.25) is 11.6 Å². The summed E-state index contributed by atoms with van der Waals surface area (Å²) < 4.78 is 4.67. The van der Waals surface area contributed by atoms with Gasteiger partial charge in [0.1, 0.15) is 6.33 Å². The third-order valence-electron chi connectivity index (χ3n) is 4.19. The van der Waals surface area contributed by atoms with Gasteiger partial charge >= 0.3 is 11.7 Å². The molecule has 148 valence electrons. The van der Waals surface area contributed by atoms with E-state index in [1.54, 1.807) is 29.2 Å². The van der Waals surface area contributed by atoms with E-state index in [2.05, 4.69) is 20.0 Å². The average Bonchev–Trinajstić information content (AvgIpc) is 2.75. The number of hydrogen-bond donors (Lipinski definition) is 1. The Balaban J connectivity index is 1.99. The Labute approximate surface area is 167 Å². The lowest BCUT2D eigenvalue weighted by Gasteiger charge is -2.22. The molecule has 0 saturated heterocycles.